The van der Waals surface area contributed by atoms with Crippen LogP contribution in [0.3, 0.4) is 0 Å². The number of benzene rings is 1. The van der Waals surface area contributed by atoms with Crippen molar-refractivity contribution in [2.75, 3.05) is 13.7 Å². The standard InChI is InChI=1S/C21H24N2O4/c1-11(24)15-9-12-10-21(20(26)27-2)17-14(7-8-23(18(15)21)19(12)25)13-5-3-4-6-16(13)22-17/h3-6,11-12,15,18,22,24H,7-10H2,1-2H3/t11-,12-,15-,18+,21-/m1/s1. The summed E-state index contributed by atoms with van der Waals surface area (Å²) in [6, 6.07) is 7.67. The molecule has 6 rings (SSSR count). The van der Waals surface area contributed by atoms with Crippen molar-refractivity contribution >= 4 is 22.8 Å². The lowest BCUT2D eigenvalue weighted by Crippen LogP contribution is -2.70. The molecule has 2 saturated heterocycles. The number of H-pyrrole nitrogens is 1. The van der Waals surface area contributed by atoms with Gasteiger partial charge in [-0.3, -0.25) is 9.59 Å². The summed E-state index contributed by atoms with van der Waals surface area (Å²) >= 11 is 0. The number of piperidine rings is 2. The summed E-state index contributed by atoms with van der Waals surface area (Å²) in [6.45, 7) is 2.33. The molecule has 1 saturated carbocycles. The highest BCUT2D eigenvalue weighted by Gasteiger charge is 2.66. The molecule has 3 aliphatic heterocycles. The molecule has 1 amide bonds. The number of carbonyl (C=O) groups is 2. The van der Waals surface area contributed by atoms with Crippen LogP contribution in [0.2, 0.25) is 0 Å². The van der Waals surface area contributed by atoms with E-state index < -0.39 is 11.5 Å². The van der Waals surface area contributed by atoms with Gasteiger partial charge in [0.05, 0.1) is 19.3 Å². The van der Waals surface area contributed by atoms with Gasteiger partial charge < -0.3 is 19.7 Å². The molecule has 1 aromatic heterocycles. The fourth-order valence-electron chi connectivity index (χ4n) is 5.99. The number of methoxy groups -OCH3 is 1. The van der Waals surface area contributed by atoms with Gasteiger partial charge in [-0.1, -0.05) is 18.2 Å². The smallest absolute Gasteiger partial charge is 0.319 e. The number of para-hydroxylation sites is 1. The summed E-state index contributed by atoms with van der Waals surface area (Å²) in [4.78, 5) is 31.6. The average molecular weight is 368 g/mol. The van der Waals surface area contributed by atoms with Gasteiger partial charge in [0.1, 0.15) is 5.41 Å². The molecule has 5 atom stereocenters. The van der Waals surface area contributed by atoms with Gasteiger partial charge in [-0.2, -0.15) is 0 Å². The second-order valence-electron chi connectivity index (χ2n) is 8.25. The fourth-order valence-corrected chi connectivity index (χ4v) is 5.99. The van der Waals surface area contributed by atoms with Gasteiger partial charge in [0.2, 0.25) is 5.91 Å². The van der Waals surface area contributed by atoms with E-state index in [1.807, 2.05) is 23.1 Å². The third kappa shape index (κ3) is 1.99. The Kier molecular flexibility index (Phi) is 3.47. The van der Waals surface area contributed by atoms with Gasteiger partial charge in [0.15, 0.2) is 0 Å². The molecule has 0 unspecified atom stereocenters. The molecule has 4 aliphatic rings. The van der Waals surface area contributed by atoms with Crippen LogP contribution in [0.1, 0.15) is 31.0 Å². The highest BCUT2D eigenvalue weighted by Crippen LogP contribution is 2.55. The number of hydrogen-bond acceptors (Lipinski definition) is 4. The van der Waals surface area contributed by atoms with Gasteiger partial charge in [-0.15, -0.1) is 0 Å². The SMILES string of the molecule is COC(=O)[C@@]12C[C@H]3C[C@H]([C@@H](C)O)[C@@H]1N(CCc1c2[nH]c2ccccc12)C3=O. The summed E-state index contributed by atoms with van der Waals surface area (Å²) in [7, 11) is 1.41. The predicted octanol–water partition coefficient (Wildman–Crippen LogP) is 1.75. The number of rotatable bonds is 2. The third-order valence-corrected chi connectivity index (χ3v) is 7.04. The van der Waals surface area contributed by atoms with Gasteiger partial charge in [0.25, 0.3) is 0 Å². The second-order valence-corrected chi connectivity index (χ2v) is 8.25. The lowest BCUT2D eigenvalue weighted by atomic mass is 9.55. The van der Waals surface area contributed by atoms with Gasteiger partial charge in [-0.05, 0) is 37.8 Å². The van der Waals surface area contributed by atoms with Crippen LogP contribution in [0, 0.1) is 11.8 Å². The minimum absolute atomic E-state index is 0.117. The first-order chi connectivity index (χ1) is 13.0. The zero-order chi connectivity index (χ0) is 18.9. The zero-order valence-electron chi connectivity index (χ0n) is 15.6. The van der Waals surface area contributed by atoms with Crippen LogP contribution in [0.5, 0.6) is 0 Å². The number of esters is 1. The first-order valence-electron chi connectivity index (χ1n) is 9.66. The highest BCUT2D eigenvalue weighted by atomic mass is 16.5. The topological polar surface area (TPSA) is 82.6 Å². The number of aromatic amines is 1. The van der Waals surface area contributed by atoms with E-state index in [1.165, 1.54) is 7.11 Å². The van der Waals surface area contributed by atoms with Crippen molar-refractivity contribution in [1.82, 2.24) is 9.88 Å². The van der Waals surface area contributed by atoms with Crippen LogP contribution in [0.25, 0.3) is 10.9 Å². The molecule has 4 heterocycles. The molecule has 2 N–H and O–H groups in total. The van der Waals surface area contributed by atoms with E-state index in [0.29, 0.717) is 25.8 Å². The van der Waals surface area contributed by atoms with Gasteiger partial charge in [-0.25, -0.2) is 0 Å². The first-order valence-corrected chi connectivity index (χ1v) is 9.66. The van der Waals surface area contributed by atoms with Crippen molar-refractivity contribution in [2.45, 2.75) is 43.7 Å². The molecule has 4 bridgehead atoms. The van der Waals surface area contributed by atoms with E-state index in [-0.39, 0.29) is 29.8 Å². The van der Waals surface area contributed by atoms with E-state index in [2.05, 4.69) is 11.1 Å². The molecular weight excluding hydrogens is 344 g/mol. The zero-order valence-corrected chi connectivity index (χ0v) is 15.6. The summed E-state index contributed by atoms with van der Waals surface area (Å²) in [5.41, 5.74) is 2.03. The van der Waals surface area contributed by atoms with Crippen LogP contribution < -0.4 is 0 Å². The Morgan fingerprint density at radius 2 is 2.19 bits per heavy atom. The Bertz CT molecular complexity index is 949. The molecule has 27 heavy (non-hydrogen) atoms. The Morgan fingerprint density at radius 3 is 2.93 bits per heavy atom. The number of aliphatic hydroxyl groups excluding tert-OH is 1. The predicted molar refractivity (Wildman–Crippen MR) is 99.1 cm³/mol. The Labute approximate surface area is 157 Å². The molecule has 1 aliphatic carbocycles. The molecule has 0 spiro atoms. The normalized spacial score (nSPS) is 32.9. The number of amides is 1. The first kappa shape index (κ1) is 16.8. The van der Waals surface area contributed by atoms with Crippen molar-refractivity contribution in [2.24, 2.45) is 11.8 Å². The van der Waals surface area contributed by atoms with Crippen molar-refractivity contribution in [1.29, 1.82) is 0 Å². The van der Waals surface area contributed by atoms with Crippen LogP contribution in [-0.4, -0.2) is 52.7 Å². The lowest BCUT2D eigenvalue weighted by molar-refractivity contribution is -0.176. The number of nitrogens with zero attached hydrogens (tertiary/aromatic N) is 1. The molecule has 3 fully saturated rings. The molecule has 142 valence electrons. The minimum atomic E-state index is -0.946. The lowest BCUT2D eigenvalue weighted by Gasteiger charge is -2.57. The molecule has 6 nitrogen and oxygen atoms in total. The number of aliphatic hydroxyl groups is 1. The fraction of sp³-hybridized carbons (Fsp3) is 0.524. The maximum atomic E-state index is 13.3. The maximum absolute atomic E-state index is 13.3. The maximum Gasteiger partial charge on any atom is 0.319 e. The number of aromatic nitrogens is 1. The Balaban J connectivity index is 1.82. The van der Waals surface area contributed by atoms with E-state index in [1.54, 1.807) is 6.92 Å². The molecule has 6 heteroatoms. The Morgan fingerprint density at radius 1 is 1.41 bits per heavy atom. The van der Waals surface area contributed by atoms with Gasteiger partial charge in [0, 0.05) is 35.0 Å². The van der Waals surface area contributed by atoms with E-state index in [9.17, 15) is 14.7 Å². The number of ether oxygens (including phenoxy) is 1. The largest absolute Gasteiger partial charge is 0.468 e. The quantitative estimate of drug-likeness (QED) is 0.792. The Hall–Kier alpha value is -2.34. The monoisotopic (exact) mass is 368 g/mol. The third-order valence-electron chi connectivity index (χ3n) is 7.04. The summed E-state index contributed by atoms with van der Waals surface area (Å²) in [6.07, 6.45) is 1.18. The van der Waals surface area contributed by atoms with E-state index in [4.69, 9.17) is 4.74 Å². The average Bonchev–Trinajstić information content (AvgIpc) is 3.00. The van der Waals surface area contributed by atoms with E-state index in [0.717, 1.165) is 22.2 Å². The second kappa shape index (κ2) is 5.58. The summed E-state index contributed by atoms with van der Waals surface area (Å²) in [5.74, 6) is -0.593. The highest BCUT2D eigenvalue weighted by molar-refractivity contribution is 5.95. The number of carbonyl (C=O) groups excluding carboxylic acids is 2. The van der Waals surface area contributed by atoms with Crippen molar-refractivity contribution in [3.05, 3.63) is 35.5 Å². The molecule has 2 aromatic rings. The van der Waals surface area contributed by atoms with E-state index >= 15 is 0 Å². The van der Waals surface area contributed by atoms with Crippen LogP contribution >= 0.6 is 0 Å². The minimum Gasteiger partial charge on any atom is -0.468 e. The van der Waals surface area contributed by atoms with Crippen LogP contribution in [0.4, 0.5) is 0 Å². The number of hydrogen-bond donors (Lipinski definition) is 2. The van der Waals surface area contributed by atoms with Gasteiger partial charge >= 0.3 is 5.97 Å². The molecule has 1 aromatic carbocycles. The number of fused-ring (bicyclic) bond motifs is 4. The van der Waals surface area contributed by atoms with Crippen molar-refractivity contribution in [3.63, 3.8) is 0 Å². The summed E-state index contributed by atoms with van der Waals surface area (Å²) < 4.78 is 5.31. The molecule has 0 radical (unpaired) electrons. The van der Waals surface area contributed by atoms with Crippen LogP contribution in [-0.2, 0) is 26.2 Å². The number of nitrogens with one attached hydrogen (secondary N) is 1. The van der Waals surface area contributed by atoms with Crippen molar-refractivity contribution < 1.29 is 19.4 Å². The molecular formula is C21H24N2O4. The summed E-state index contributed by atoms with van der Waals surface area (Å²) in [5, 5.41) is 11.6. The van der Waals surface area contributed by atoms with Crippen LogP contribution in [0.15, 0.2) is 24.3 Å². The van der Waals surface area contributed by atoms with Crippen molar-refractivity contribution in [3.8, 4) is 0 Å².